The lowest BCUT2D eigenvalue weighted by atomic mass is 9.65. The summed E-state index contributed by atoms with van der Waals surface area (Å²) >= 11 is 0. The van der Waals surface area contributed by atoms with Gasteiger partial charge in [0.05, 0.1) is 5.41 Å². The van der Waals surface area contributed by atoms with Crippen LogP contribution < -0.4 is 5.73 Å². The molecule has 3 aromatic carbocycles. The van der Waals surface area contributed by atoms with Gasteiger partial charge in [-0.3, -0.25) is 4.98 Å². The van der Waals surface area contributed by atoms with Crippen LogP contribution in [0.1, 0.15) is 66.5 Å². The fraction of sp³-hybridized carbons (Fsp3) is 0.146. The van der Waals surface area contributed by atoms with Gasteiger partial charge < -0.3 is 5.73 Å². The van der Waals surface area contributed by atoms with Crippen molar-refractivity contribution in [1.29, 1.82) is 0 Å². The molecule has 0 spiro atoms. The highest BCUT2D eigenvalue weighted by atomic mass is 14.6. The van der Waals surface area contributed by atoms with Crippen molar-refractivity contribution in [3.63, 3.8) is 0 Å². The van der Waals surface area contributed by atoms with Crippen molar-refractivity contribution in [1.82, 2.24) is 4.98 Å². The van der Waals surface area contributed by atoms with Crippen molar-refractivity contribution in [2.24, 2.45) is 5.73 Å². The van der Waals surface area contributed by atoms with Gasteiger partial charge in [-0.1, -0.05) is 109 Å². The summed E-state index contributed by atoms with van der Waals surface area (Å²) in [5, 5.41) is 0. The van der Waals surface area contributed by atoms with Crippen LogP contribution in [0.2, 0.25) is 0 Å². The third kappa shape index (κ3) is 5.26. The van der Waals surface area contributed by atoms with Gasteiger partial charge in [0.15, 0.2) is 0 Å². The minimum absolute atomic E-state index is 0.337. The Hall–Kier alpha value is -4.95. The molecule has 2 nitrogen and oxygen atoms in total. The van der Waals surface area contributed by atoms with Gasteiger partial charge >= 0.3 is 0 Å². The molecule has 0 saturated carbocycles. The monoisotopic (exact) mass is 558 g/mol. The number of aromatic nitrogens is 1. The van der Waals surface area contributed by atoms with E-state index in [2.05, 4.69) is 146 Å². The summed E-state index contributed by atoms with van der Waals surface area (Å²) in [5.74, 6) is 0. The van der Waals surface area contributed by atoms with Gasteiger partial charge in [-0.25, -0.2) is 0 Å². The molecule has 43 heavy (non-hydrogen) atoms. The molecule has 0 aliphatic heterocycles. The van der Waals surface area contributed by atoms with Crippen LogP contribution >= 0.6 is 0 Å². The molecule has 1 unspecified atom stereocenters. The Morgan fingerprint density at radius 2 is 1.56 bits per heavy atom. The van der Waals surface area contributed by atoms with Crippen LogP contribution in [0, 0.1) is 0 Å². The molecule has 2 aliphatic carbocycles. The number of allylic oxidation sites excluding steroid dienone is 11. The van der Waals surface area contributed by atoms with E-state index in [0.29, 0.717) is 6.42 Å². The molecule has 2 N–H and O–H groups in total. The van der Waals surface area contributed by atoms with E-state index in [1.165, 1.54) is 50.1 Å². The van der Waals surface area contributed by atoms with Crippen LogP contribution in [0.5, 0.6) is 0 Å². The summed E-state index contributed by atoms with van der Waals surface area (Å²) in [6, 6.07) is 32.8. The van der Waals surface area contributed by atoms with E-state index in [9.17, 15) is 0 Å². The van der Waals surface area contributed by atoms with Gasteiger partial charge in [0, 0.05) is 24.5 Å². The average molecular weight is 559 g/mol. The predicted molar refractivity (Wildman–Crippen MR) is 182 cm³/mol. The highest BCUT2D eigenvalue weighted by molar-refractivity contribution is 5.92. The van der Waals surface area contributed by atoms with Gasteiger partial charge in [-0.15, -0.1) is 0 Å². The summed E-state index contributed by atoms with van der Waals surface area (Å²) in [6.07, 6.45) is 22.0. The first-order valence-electron chi connectivity index (χ1n) is 15.2. The Labute approximate surface area is 256 Å². The van der Waals surface area contributed by atoms with Crippen molar-refractivity contribution in [2.45, 2.75) is 38.5 Å². The minimum Gasteiger partial charge on any atom is -0.402 e. The highest BCUT2D eigenvalue weighted by Gasteiger charge is 2.47. The van der Waals surface area contributed by atoms with Crippen molar-refractivity contribution in [3.05, 3.63) is 191 Å². The number of benzene rings is 3. The molecule has 6 rings (SSSR count). The van der Waals surface area contributed by atoms with Crippen molar-refractivity contribution in [2.75, 3.05) is 0 Å². The summed E-state index contributed by atoms with van der Waals surface area (Å²) in [7, 11) is 0. The normalized spacial score (nSPS) is 18.7. The molecule has 1 aromatic heterocycles. The molecule has 2 aliphatic rings. The quantitative estimate of drug-likeness (QED) is 0.219. The maximum absolute atomic E-state index is 6.58. The molecular weight excluding hydrogens is 520 g/mol. The molecule has 212 valence electrons. The molecular formula is C41H38N2. The van der Waals surface area contributed by atoms with Crippen LogP contribution in [-0.4, -0.2) is 4.98 Å². The molecule has 0 saturated heterocycles. The van der Waals surface area contributed by atoms with E-state index < -0.39 is 0 Å². The molecule has 0 fully saturated rings. The Kier molecular flexibility index (Phi) is 8.20. The summed E-state index contributed by atoms with van der Waals surface area (Å²) in [4.78, 5) is 4.37. The number of hydrogen-bond donors (Lipinski definition) is 1. The number of hydrogen-bond acceptors (Lipinski definition) is 2. The molecule has 0 amide bonds. The number of nitrogens with two attached hydrogens (primary N) is 1. The molecule has 0 radical (unpaired) electrons. The van der Waals surface area contributed by atoms with Gasteiger partial charge in [-0.05, 0) is 107 Å². The zero-order valence-corrected chi connectivity index (χ0v) is 25.0. The minimum atomic E-state index is -0.337. The zero-order chi connectivity index (χ0) is 29.6. The summed E-state index contributed by atoms with van der Waals surface area (Å²) < 4.78 is 0. The van der Waals surface area contributed by atoms with Gasteiger partial charge in [0.2, 0.25) is 0 Å². The average Bonchev–Trinajstić information content (AvgIpc) is 3.37. The lowest BCUT2D eigenvalue weighted by Gasteiger charge is -2.36. The van der Waals surface area contributed by atoms with E-state index in [0.717, 1.165) is 24.1 Å². The third-order valence-corrected chi connectivity index (χ3v) is 8.65. The second-order valence-electron chi connectivity index (χ2n) is 11.1. The number of fused-ring (bicyclic) bond motifs is 2. The van der Waals surface area contributed by atoms with Crippen LogP contribution in [-0.2, 0) is 5.41 Å². The van der Waals surface area contributed by atoms with E-state index in [1.807, 2.05) is 18.5 Å². The van der Waals surface area contributed by atoms with E-state index in [-0.39, 0.29) is 5.41 Å². The van der Waals surface area contributed by atoms with Crippen molar-refractivity contribution < 1.29 is 0 Å². The van der Waals surface area contributed by atoms with Gasteiger partial charge in [-0.2, -0.15) is 0 Å². The largest absolute Gasteiger partial charge is 0.402 e. The Balaban J connectivity index is 1.44. The first kappa shape index (κ1) is 28.2. The molecule has 1 heterocycles. The second kappa shape index (κ2) is 12.5. The predicted octanol–water partition coefficient (Wildman–Crippen LogP) is 9.83. The number of rotatable bonds is 8. The highest BCUT2D eigenvalue weighted by Crippen LogP contribution is 2.57. The fourth-order valence-corrected chi connectivity index (χ4v) is 6.77. The maximum Gasteiger partial charge on any atom is 0.0677 e. The van der Waals surface area contributed by atoms with Gasteiger partial charge in [0.25, 0.3) is 0 Å². The number of pyridine rings is 1. The SMILES string of the molecule is C/C=C\C(=C/C/C(N)=C/C(=C\C)c1ccccc1)c1ccc2c(c1)C1=C(CCC=C1)C2(c1ccccc1)c1ccncc1. The van der Waals surface area contributed by atoms with Crippen LogP contribution in [0.25, 0.3) is 16.7 Å². The van der Waals surface area contributed by atoms with E-state index in [1.54, 1.807) is 0 Å². The third-order valence-electron chi connectivity index (χ3n) is 8.65. The topological polar surface area (TPSA) is 38.9 Å². The van der Waals surface area contributed by atoms with Gasteiger partial charge in [0.1, 0.15) is 0 Å². The standard InChI is InChI=1S/C41H38N2/c1-3-13-31(20-22-36(42)28-30(4-2)32-14-7-5-8-15-32)33-21-23-40-38(29-33)37-18-11-12-19-39(37)41(40,34-16-9-6-10-17-34)35-24-26-43-27-25-35/h3-11,13-18,20-21,23-29H,12,19,22,42H2,1-2H3/b13-3-,30-4+,31-20+,36-28-. The molecule has 1 atom stereocenters. The van der Waals surface area contributed by atoms with Crippen molar-refractivity contribution in [3.8, 4) is 0 Å². The lowest BCUT2D eigenvalue weighted by molar-refractivity contribution is 0.695. The lowest BCUT2D eigenvalue weighted by Crippen LogP contribution is -2.30. The molecule has 2 heteroatoms. The number of nitrogens with zero attached hydrogens (tertiary/aromatic N) is 1. The summed E-state index contributed by atoms with van der Waals surface area (Å²) in [5.41, 5.74) is 19.8. The molecule has 4 aromatic rings. The maximum atomic E-state index is 6.58. The van der Waals surface area contributed by atoms with E-state index >= 15 is 0 Å². The van der Waals surface area contributed by atoms with Crippen LogP contribution in [0.4, 0.5) is 0 Å². The van der Waals surface area contributed by atoms with E-state index in [4.69, 9.17) is 5.73 Å². The second-order valence-corrected chi connectivity index (χ2v) is 11.1. The molecule has 0 bridgehead atoms. The fourth-order valence-electron chi connectivity index (χ4n) is 6.77. The first-order valence-corrected chi connectivity index (χ1v) is 15.2. The Morgan fingerprint density at radius 1 is 0.837 bits per heavy atom. The van der Waals surface area contributed by atoms with Crippen molar-refractivity contribution >= 4 is 16.7 Å². The van der Waals surface area contributed by atoms with Crippen LogP contribution in [0.3, 0.4) is 0 Å². The first-order chi connectivity index (χ1) is 21.2. The summed E-state index contributed by atoms with van der Waals surface area (Å²) in [6.45, 7) is 4.13. The Morgan fingerprint density at radius 3 is 2.28 bits per heavy atom. The Bertz CT molecular complexity index is 1740. The smallest absolute Gasteiger partial charge is 0.0677 e. The zero-order valence-electron chi connectivity index (χ0n) is 25.0. The van der Waals surface area contributed by atoms with Crippen LogP contribution in [0.15, 0.2) is 157 Å².